The molecule has 2 aromatic rings. The maximum atomic E-state index is 8.99. The van der Waals surface area contributed by atoms with Crippen molar-refractivity contribution in [3.8, 4) is 11.1 Å². The first-order valence-electron chi connectivity index (χ1n) is 11.6. The standard InChI is InChI=1S/C27H38O/c1-3-7-21-9-12-24(13-10-21)25-14-16-26(17-15-25)27-18-11-22(8-5-6-19-28)20-23(27)4-2/h11,14-18,20-21,24,28H,3-10,12-13,19H2,1-2H3. The fraction of sp³-hybridized carbons (Fsp3) is 0.556. The molecule has 0 amide bonds. The lowest BCUT2D eigenvalue weighted by molar-refractivity contribution is 0.284. The second kappa shape index (κ2) is 10.8. The summed E-state index contributed by atoms with van der Waals surface area (Å²) in [6, 6.07) is 16.4. The molecule has 2 aromatic carbocycles. The van der Waals surface area contributed by atoms with Gasteiger partial charge in [0.25, 0.3) is 0 Å². The molecule has 0 atom stereocenters. The SMILES string of the molecule is CCCC1CCC(c2ccc(-c3ccc(CCCCO)cc3CC)cc2)CC1. The van der Waals surface area contributed by atoms with Crippen LogP contribution in [-0.4, -0.2) is 11.7 Å². The molecule has 0 saturated heterocycles. The second-order valence-electron chi connectivity index (χ2n) is 8.65. The number of benzene rings is 2. The lowest BCUT2D eigenvalue weighted by Crippen LogP contribution is -2.13. The van der Waals surface area contributed by atoms with Gasteiger partial charge in [-0.3, -0.25) is 0 Å². The molecule has 1 saturated carbocycles. The van der Waals surface area contributed by atoms with E-state index < -0.39 is 0 Å². The number of aryl methyl sites for hydroxylation is 2. The number of rotatable bonds is 9. The van der Waals surface area contributed by atoms with Gasteiger partial charge in [0.15, 0.2) is 0 Å². The van der Waals surface area contributed by atoms with E-state index in [1.165, 1.54) is 66.3 Å². The summed E-state index contributed by atoms with van der Waals surface area (Å²) in [6.45, 7) is 4.86. The van der Waals surface area contributed by atoms with Gasteiger partial charge in [-0.25, -0.2) is 0 Å². The molecule has 1 heteroatoms. The van der Waals surface area contributed by atoms with E-state index in [1.54, 1.807) is 0 Å². The zero-order valence-corrected chi connectivity index (χ0v) is 17.9. The minimum Gasteiger partial charge on any atom is -0.396 e. The fourth-order valence-electron chi connectivity index (χ4n) is 4.95. The lowest BCUT2D eigenvalue weighted by Gasteiger charge is -2.28. The highest BCUT2D eigenvalue weighted by Gasteiger charge is 2.21. The van der Waals surface area contributed by atoms with Crippen LogP contribution in [0.4, 0.5) is 0 Å². The van der Waals surface area contributed by atoms with Crippen molar-refractivity contribution in [3.63, 3.8) is 0 Å². The molecule has 0 unspecified atom stereocenters. The topological polar surface area (TPSA) is 20.2 Å². The molecule has 0 spiro atoms. The molecule has 3 rings (SSSR count). The molecule has 152 valence electrons. The van der Waals surface area contributed by atoms with Crippen molar-refractivity contribution >= 4 is 0 Å². The van der Waals surface area contributed by atoms with Gasteiger partial charge in [0.05, 0.1) is 0 Å². The largest absolute Gasteiger partial charge is 0.396 e. The van der Waals surface area contributed by atoms with Gasteiger partial charge in [0.1, 0.15) is 0 Å². The number of hydrogen-bond acceptors (Lipinski definition) is 1. The Balaban J connectivity index is 1.67. The van der Waals surface area contributed by atoms with Crippen molar-refractivity contribution in [1.29, 1.82) is 0 Å². The van der Waals surface area contributed by atoms with Crippen LogP contribution in [0, 0.1) is 5.92 Å². The summed E-state index contributed by atoms with van der Waals surface area (Å²) in [6.07, 6.45) is 12.4. The summed E-state index contributed by atoms with van der Waals surface area (Å²) in [5.74, 6) is 1.74. The van der Waals surface area contributed by atoms with Crippen LogP contribution >= 0.6 is 0 Å². The molecule has 1 aliphatic rings. The molecule has 1 fully saturated rings. The molecule has 0 radical (unpaired) electrons. The first-order chi connectivity index (χ1) is 13.7. The zero-order chi connectivity index (χ0) is 19.8. The van der Waals surface area contributed by atoms with Gasteiger partial charge >= 0.3 is 0 Å². The Hall–Kier alpha value is -1.60. The number of aliphatic hydroxyl groups excluding tert-OH is 1. The van der Waals surface area contributed by atoms with Crippen LogP contribution in [-0.2, 0) is 12.8 Å². The Kier molecular flexibility index (Phi) is 8.15. The van der Waals surface area contributed by atoms with Crippen LogP contribution in [0.25, 0.3) is 11.1 Å². The molecule has 28 heavy (non-hydrogen) atoms. The van der Waals surface area contributed by atoms with Crippen molar-refractivity contribution in [2.75, 3.05) is 6.61 Å². The maximum Gasteiger partial charge on any atom is 0.0431 e. The molecular formula is C27H38O. The van der Waals surface area contributed by atoms with Gasteiger partial charge in [0.2, 0.25) is 0 Å². The average Bonchev–Trinajstić information content (AvgIpc) is 2.75. The van der Waals surface area contributed by atoms with Crippen molar-refractivity contribution in [2.24, 2.45) is 5.92 Å². The van der Waals surface area contributed by atoms with Crippen molar-refractivity contribution in [2.45, 2.75) is 84.0 Å². The van der Waals surface area contributed by atoms with Crippen LogP contribution in [0.1, 0.15) is 87.8 Å². The van der Waals surface area contributed by atoms with E-state index in [4.69, 9.17) is 5.11 Å². The zero-order valence-electron chi connectivity index (χ0n) is 17.9. The van der Waals surface area contributed by atoms with Gasteiger partial charge in [0, 0.05) is 6.61 Å². The Labute approximate surface area is 172 Å². The highest BCUT2D eigenvalue weighted by atomic mass is 16.2. The van der Waals surface area contributed by atoms with E-state index in [2.05, 4.69) is 56.3 Å². The van der Waals surface area contributed by atoms with Gasteiger partial charge in [-0.05, 0) is 91.0 Å². The highest BCUT2D eigenvalue weighted by Crippen LogP contribution is 2.38. The fourth-order valence-corrected chi connectivity index (χ4v) is 4.95. The molecule has 1 N–H and O–H groups in total. The minimum absolute atomic E-state index is 0.297. The smallest absolute Gasteiger partial charge is 0.0431 e. The van der Waals surface area contributed by atoms with E-state index in [1.807, 2.05) is 0 Å². The summed E-state index contributed by atoms with van der Waals surface area (Å²) in [7, 11) is 0. The average molecular weight is 379 g/mol. The molecule has 0 aromatic heterocycles. The first-order valence-corrected chi connectivity index (χ1v) is 11.6. The molecule has 0 heterocycles. The third kappa shape index (κ3) is 5.47. The second-order valence-corrected chi connectivity index (χ2v) is 8.65. The van der Waals surface area contributed by atoms with Crippen molar-refractivity contribution < 1.29 is 5.11 Å². The van der Waals surface area contributed by atoms with Gasteiger partial charge in [-0.1, -0.05) is 69.2 Å². The van der Waals surface area contributed by atoms with Gasteiger partial charge in [-0.15, -0.1) is 0 Å². The van der Waals surface area contributed by atoms with Gasteiger partial charge in [-0.2, -0.15) is 0 Å². The third-order valence-corrected chi connectivity index (χ3v) is 6.66. The third-order valence-electron chi connectivity index (χ3n) is 6.66. The molecule has 0 bridgehead atoms. The Bertz CT molecular complexity index is 708. The number of hydrogen-bond donors (Lipinski definition) is 1. The summed E-state index contributed by atoms with van der Waals surface area (Å²) < 4.78 is 0. The summed E-state index contributed by atoms with van der Waals surface area (Å²) in [5.41, 5.74) is 7.11. The van der Waals surface area contributed by atoms with Crippen LogP contribution in [0.15, 0.2) is 42.5 Å². The highest BCUT2D eigenvalue weighted by molar-refractivity contribution is 5.68. The lowest BCUT2D eigenvalue weighted by atomic mass is 9.77. The number of aliphatic hydroxyl groups is 1. The predicted octanol–water partition coefficient (Wildman–Crippen LogP) is 7.30. The van der Waals surface area contributed by atoms with Crippen LogP contribution < -0.4 is 0 Å². The molecule has 1 aliphatic carbocycles. The Morgan fingerprint density at radius 3 is 2.29 bits per heavy atom. The van der Waals surface area contributed by atoms with E-state index in [9.17, 15) is 0 Å². The van der Waals surface area contributed by atoms with E-state index in [-0.39, 0.29) is 0 Å². The van der Waals surface area contributed by atoms with Gasteiger partial charge < -0.3 is 5.11 Å². The Morgan fingerprint density at radius 2 is 1.64 bits per heavy atom. The van der Waals surface area contributed by atoms with Crippen LogP contribution in [0.2, 0.25) is 0 Å². The molecule has 1 nitrogen and oxygen atoms in total. The normalized spacial score (nSPS) is 19.7. The van der Waals surface area contributed by atoms with E-state index in [0.29, 0.717) is 6.61 Å². The number of unbranched alkanes of at least 4 members (excludes halogenated alkanes) is 1. The maximum absolute atomic E-state index is 8.99. The van der Waals surface area contributed by atoms with Crippen molar-refractivity contribution in [3.05, 3.63) is 59.2 Å². The van der Waals surface area contributed by atoms with Crippen LogP contribution in [0.3, 0.4) is 0 Å². The Morgan fingerprint density at radius 1 is 0.893 bits per heavy atom. The first kappa shape index (κ1) is 21.1. The van der Waals surface area contributed by atoms with E-state index >= 15 is 0 Å². The summed E-state index contributed by atoms with van der Waals surface area (Å²) in [5, 5.41) is 8.99. The van der Waals surface area contributed by atoms with E-state index in [0.717, 1.165) is 37.5 Å². The quantitative estimate of drug-likeness (QED) is 0.454. The predicted molar refractivity (Wildman–Crippen MR) is 121 cm³/mol. The van der Waals surface area contributed by atoms with Crippen LogP contribution in [0.5, 0.6) is 0 Å². The molecule has 0 aliphatic heterocycles. The summed E-state index contributed by atoms with van der Waals surface area (Å²) >= 11 is 0. The van der Waals surface area contributed by atoms with Crippen molar-refractivity contribution in [1.82, 2.24) is 0 Å². The minimum atomic E-state index is 0.297. The summed E-state index contributed by atoms with van der Waals surface area (Å²) in [4.78, 5) is 0. The monoisotopic (exact) mass is 378 g/mol. The molecular weight excluding hydrogens is 340 g/mol.